The molecule has 80 valence electrons. The zero-order chi connectivity index (χ0) is 10.8. The Morgan fingerprint density at radius 1 is 1.07 bits per heavy atom. The summed E-state index contributed by atoms with van der Waals surface area (Å²) in [4.78, 5) is 0. The maximum absolute atomic E-state index is 3.12. The second kappa shape index (κ2) is 8.76. The van der Waals surface area contributed by atoms with Crippen molar-refractivity contribution in [2.45, 2.75) is 27.2 Å². The van der Waals surface area contributed by atoms with Crippen LogP contribution in [-0.4, -0.2) is 13.6 Å². The standard InChI is InChI=1S/C9H13N.C4H10/c1-10-8-7-9-5-3-2-4-6-9;1-4(2)3/h2-6,10H,7-8H2,1H3;4H,1-3H3. The highest BCUT2D eigenvalue weighted by Crippen LogP contribution is 1.97. The lowest BCUT2D eigenvalue weighted by Crippen LogP contribution is -2.09. The van der Waals surface area contributed by atoms with E-state index in [0.29, 0.717) is 0 Å². The summed E-state index contributed by atoms with van der Waals surface area (Å²) in [7, 11) is 1.98. The monoisotopic (exact) mass is 193 g/mol. The van der Waals surface area contributed by atoms with E-state index in [1.807, 2.05) is 13.1 Å². The molecule has 0 saturated carbocycles. The Balaban J connectivity index is 0.000000364. The molecule has 0 unspecified atom stereocenters. The van der Waals surface area contributed by atoms with Gasteiger partial charge in [0.05, 0.1) is 0 Å². The summed E-state index contributed by atoms with van der Waals surface area (Å²) in [6.45, 7) is 7.56. The fraction of sp³-hybridized carbons (Fsp3) is 0.538. The Bertz CT molecular complexity index is 201. The lowest BCUT2D eigenvalue weighted by molar-refractivity contribution is 0.737. The molecule has 1 rings (SSSR count). The van der Waals surface area contributed by atoms with Crippen molar-refractivity contribution < 1.29 is 0 Å². The van der Waals surface area contributed by atoms with E-state index in [9.17, 15) is 0 Å². The molecule has 1 aromatic rings. The molecule has 14 heavy (non-hydrogen) atoms. The number of hydrogen-bond acceptors (Lipinski definition) is 1. The van der Waals surface area contributed by atoms with Crippen LogP contribution >= 0.6 is 0 Å². The van der Waals surface area contributed by atoms with E-state index in [1.165, 1.54) is 5.56 Å². The smallest absolute Gasteiger partial charge is 0.00114 e. The minimum Gasteiger partial charge on any atom is -0.319 e. The van der Waals surface area contributed by atoms with Crippen molar-refractivity contribution in [2.75, 3.05) is 13.6 Å². The van der Waals surface area contributed by atoms with Crippen LogP contribution in [0.15, 0.2) is 30.3 Å². The van der Waals surface area contributed by atoms with Gasteiger partial charge in [0.1, 0.15) is 0 Å². The van der Waals surface area contributed by atoms with Crippen LogP contribution in [0.1, 0.15) is 26.3 Å². The maximum atomic E-state index is 3.12. The minimum absolute atomic E-state index is 0.833. The van der Waals surface area contributed by atoms with Gasteiger partial charge in [0.2, 0.25) is 0 Å². The molecule has 0 spiro atoms. The summed E-state index contributed by atoms with van der Waals surface area (Å²) in [5.41, 5.74) is 1.40. The first-order valence-electron chi connectivity index (χ1n) is 5.35. The second-order valence-corrected chi connectivity index (χ2v) is 4.07. The Morgan fingerprint density at radius 2 is 1.57 bits per heavy atom. The Morgan fingerprint density at radius 3 is 2.00 bits per heavy atom. The third-order valence-corrected chi connectivity index (χ3v) is 1.51. The molecule has 0 heterocycles. The van der Waals surface area contributed by atoms with E-state index in [4.69, 9.17) is 0 Å². The zero-order valence-electron chi connectivity index (χ0n) is 9.88. The topological polar surface area (TPSA) is 12.0 Å². The van der Waals surface area contributed by atoms with E-state index in [-0.39, 0.29) is 0 Å². The van der Waals surface area contributed by atoms with Gasteiger partial charge < -0.3 is 5.32 Å². The van der Waals surface area contributed by atoms with Gasteiger partial charge in [0.15, 0.2) is 0 Å². The minimum atomic E-state index is 0.833. The van der Waals surface area contributed by atoms with Crippen molar-refractivity contribution in [1.29, 1.82) is 0 Å². The molecule has 0 aliphatic heterocycles. The summed E-state index contributed by atoms with van der Waals surface area (Å²) in [5.74, 6) is 0.833. The molecule has 0 aliphatic carbocycles. The lowest BCUT2D eigenvalue weighted by atomic mass is 10.2. The van der Waals surface area contributed by atoms with Gasteiger partial charge in [-0.15, -0.1) is 0 Å². The molecule has 0 aliphatic rings. The largest absolute Gasteiger partial charge is 0.319 e. The normalized spacial score (nSPS) is 9.50. The molecule has 0 atom stereocenters. The first kappa shape index (κ1) is 13.2. The fourth-order valence-electron chi connectivity index (χ4n) is 0.914. The number of hydrogen-bond donors (Lipinski definition) is 1. The Kier molecular flexibility index (Phi) is 8.25. The Hall–Kier alpha value is -0.820. The van der Waals surface area contributed by atoms with Gasteiger partial charge in [-0.1, -0.05) is 51.1 Å². The highest BCUT2D eigenvalue weighted by molar-refractivity contribution is 5.14. The van der Waals surface area contributed by atoms with Crippen molar-refractivity contribution in [3.05, 3.63) is 35.9 Å². The van der Waals surface area contributed by atoms with Crippen LogP contribution in [0.3, 0.4) is 0 Å². The fourth-order valence-corrected chi connectivity index (χ4v) is 0.914. The van der Waals surface area contributed by atoms with Crippen LogP contribution in [0, 0.1) is 5.92 Å². The zero-order valence-corrected chi connectivity index (χ0v) is 9.88. The maximum Gasteiger partial charge on any atom is -0.00114 e. The molecule has 1 N–H and O–H groups in total. The molecule has 1 heteroatoms. The number of rotatable bonds is 3. The third kappa shape index (κ3) is 9.27. The summed E-state index contributed by atoms with van der Waals surface area (Å²) >= 11 is 0. The molecule has 0 fully saturated rings. The van der Waals surface area contributed by atoms with Gasteiger partial charge in [-0.2, -0.15) is 0 Å². The molecule has 0 aromatic heterocycles. The van der Waals surface area contributed by atoms with Crippen LogP contribution in [0.25, 0.3) is 0 Å². The average molecular weight is 193 g/mol. The third-order valence-electron chi connectivity index (χ3n) is 1.51. The van der Waals surface area contributed by atoms with Gasteiger partial charge >= 0.3 is 0 Å². The number of benzene rings is 1. The van der Waals surface area contributed by atoms with Gasteiger partial charge in [-0.3, -0.25) is 0 Å². The number of nitrogens with one attached hydrogen (secondary N) is 1. The molecule has 1 aromatic carbocycles. The van der Waals surface area contributed by atoms with E-state index in [0.717, 1.165) is 18.9 Å². The van der Waals surface area contributed by atoms with E-state index in [1.54, 1.807) is 0 Å². The first-order valence-corrected chi connectivity index (χ1v) is 5.35. The molecule has 0 radical (unpaired) electrons. The molecule has 1 nitrogen and oxygen atoms in total. The molecular formula is C13H23N. The highest BCUT2D eigenvalue weighted by atomic mass is 14.8. The van der Waals surface area contributed by atoms with Crippen molar-refractivity contribution in [3.63, 3.8) is 0 Å². The predicted molar refractivity (Wildman–Crippen MR) is 64.6 cm³/mol. The lowest BCUT2D eigenvalue weighted by Gasteiger charge is -1.97. The summed E-state index contributed by atoms with van der Waals surface area (Å²) in [6, 6.07) is 10.5. The molecule has 0 bridgehead atoms. The van der Waals surface area contributed by atoms with Crippen LogP contribution in [0.2, 0.25) is 0 Å². The predicted octanol–water partition coefficient (Wildman–Crippen LogP) is 3.11. The summed E-state index contributed by atoms with van der Waals surface area (Å²) in [6.07, 6.45) is 1.12. The van der Waals surface area contributed by atoms with E-state index >= 15 is 0 Å². The second-order valence-electron chi connectivity index (χ2n) is 4.07. The molecule has 0 amide bonds. The van der Waals surface area contributed by atoms with E-state index in [2.05, 4.69) is 50.4 Å². The van der Waals surface area contributed by atoms with Crippen molar-refractivity contribution in [3.8, 4) is 0 Å². The first-order chi connectivity index (χ1) is 6.66. The summed E-state index contributed by atoms with van der Waals surface area (Å²) in [5, 5.41) is 3.12. The van der Waals surface area contributed by atoms with Crippen LogP contribution in [0.5, 0.6) is 0 Å². The van der Waals surface area contributed by atoms with Crippen LogP contribution < -0.4 is 5.32 Å². The average Bonchev–Trinajstić information content (AvgIpc) is 2.15. The quantitative estimate of drug-likeness (QED) is 0.777. The molecule has 0 saturated heterocycles. The SMILES string of the molecule is CC(C)C.CNCCc1ccccc1. The summed E-state index contributed by atoms with van der Waals surface area (Å²) < 4.78 is 0. The highest BCUT2D eigenvalue weighted by Gasteiger charge is 1.86. The van der Waals surface area contributed by atoms with Gasteiger partial charge in [-0.25, -0.2) is 0 Å². The van der Waals surface area contributed by atoms with Crippen LogP contribution in [0.4, 0.5) is 0 Å². The number of likely N-dealkylation sites (N-methyl/N-ethyl adjacent to an activating group) is 1. The Labute approximate surface area is 88.5 Å². The van der Waals surface area contributed by atoms with Gasteiger partial charge in [0.25, 0.3) is 0 Å². The van der Waals surface area contributed by atoms with Crippen LogP contribution in [-0.2, 0) is 6.42 Å². The van der Waals surface area contributed by atoms with Gasteiger partial charge in [0, 0.05) is 0 Å². The van der Waals surface area contributed by atoms with Gasteiger partial charge in [-0.05, 0) is 31.5 Å². The molecular weight excluding hydrogens is 170 g/mol. The van der Waals surface area contributed by atoms with E-state index < -0.39 is 0 Å². The van der Waals surface area contributed by atoms with Crippen molar-refractivity contribution in [1.82, 2.24) is 5.32 Å². The van der Waals surface area contributed by atoms with Crippen molar-refractivity contribution >= 4 is 0 Å². The van der Waals surface area contributed by atoms with Crippen molar-refractivity contribution in [2.24, 2.45) is 5.92 Å².